The van der Waals surface area contributed by atoms with Crippen LogP contribution < -0.4 is 0 Å². The Morgan fingerprint density at radius 1 is 1.15 bits per heavy atom. The normalized spacial score (nSPS) is 28.4. The minimum Gasteiger partial charge on any atom is -0.508 e. The summed E-state index contributed by atoms with van der Waals surface area (Å²) in [5, 5.41) is 28.5. The maximum absolute atomic E-state index is 12.9. The Morgan fingerprint density at radius 2 is 1.85 bits per heavy atom. The molecule has 1 heterocycles. The summed E-state index contributed by atoms with van der Waals surface area (Å²) in [6.45, 7) is 9.72. The first kappa shape index (κ1) is 23.9. The quantitative estimate of drug-likeness (QED) is 0.588. The lowest BCUT2D eigenvalue weighted by molar-refractivity contribution is -0.105. The number of phenols is 1. The fourth-order valence-corrected chi connectivity index (χ4v) is 7.23. The molecule has 0 amide bonds. The fourth-order valence-electron chi connectivity index (χ4n) is 7.23. The van der Waals surface area contributed by atoms with Crippen molar-refractivity contribution in [3.63, 3.8) is 0 Å². The van der Waals surface area contributed by atoms with Gasteiger partial charge >= 0.3 is 0 Å². The van der Waals surface area contributed by atoms with Crippen molar-refractivity contribution in [3.05, 3.63) is 46.3 Å². The SMILES string of the molecule is CC[C@]1(c2cc(O)ccc2C)Cc2c(c(C)nn2C2CCCC2)C[C@@]1(O)[C@@H](C)N(C)CC1CC1. The number of hydrogen-bond acceptors (Lipinski definition) is 4. The molecule has 3 aliphatic carbocycles. The zero-order chi connectivity index (χ0) is 24.3. The van der Waals surface area contributed by atoms with Crippen molar-refractivity contribution in [2.75, 3.05) is 13.6 Å². The lowest BCUT2D eigenvalue weighted by Gasteiger charge is -2.56. The molecule has 5 nitrogen and oxygen atoms in total. The van der Waals surface area contributed by atoms with Gasteiger partial charge in [0.25, 0.3) is 0 Å². The Labute approximate surface area is 205 Å². The molecule has 2 fully saturated rings. The van der Waals surface area contributed by atoms with E-state index in [1.54, 1.807) is 6.07 Å². The van der Waals surface area contributed by atoms with Crippen molar-refractivity contribution in [2.24, 2.45) is 5.92 Å². The highest BCUT2D eigenvalue weighted by molar-refractivity contribution is 5.48. The van der Waals surface area contributed by atoms with Crippen LogP contribution in [0.5, 0.6) is 5.75 Å². The average molecular weight is 466 g/mol. The van der Waals surface area contributed by atoms with Gasteiger partial charge in [-0.15, -0.1) is 0 Å². The third-order valence-corrected chi connectivity index (χ3v) is 9.67. The van der Waals surface area contributed by atoms with Crippen LogP contribution in [0.15, 0.2) is 18.2 Å². The summed E-state index contributed by atoms with van der Waals surface area (Å²) >= 11 is 0. The van der Waals surface area contributed by atoms with Crippen LogP contribution in [0, 0.1) is 19.8 Å². The van der Waals surface area contributed by atoms with Crippen molar-refractivity contribution in [1.29, 1.82) is 0 Å². The van der Waals surface area contributed by atoms with Crippen LogP contribution in [-0.4, -0.2) is 50.1 Å². The maximum atomic E-state index is 12.9. The second-order valence-corrected chi connectivity index (χ2v) is 11.7. The van der Waals surface area contributed by atoms with Crippen LogP contribution >= 0.6 is 0 Å². The Balaban J connectivity index is 1.68. The summed E-state index contributed by atoms with van der Waals surface area (Å²) in [6, 6.07) is 6.16. The van der Waals surface area contributed by atoms with Crippen molar-refractivity contribution in [1.82, 2.24) is 14.7 Å². The molecule has 2 aromatic rings. The number of benzene rings is 1. The van der Waals surface area contributed by atoms with Gasteiger partial charge in [-0.3, -0.25) is 4.68 Å². The zero-order valence-electron chi connectivity index (χ0n) is 21.8. The van der Waals surface area contributed by atoms with Gasteiger partial charge < -0.3 is 15.1 Å². The molecular formula is C29H43N3O2. The molecule has 2 N–H and O–H groups in total. The van der Waals surface area contributed by atoms with Crippen molar-refractivity contribution < 1.29 is 10.2 Å². The number of likely N-dealkylation sites (N-methyl/N-ethyl adjacent to an activating group) is 1. The summed E-state index contributed by atoms with van der Waals surface area (Å²) < 4.78 is 2.33. The highest BCUT2D eigenvalue weighted by atomic mass is 16.3. The molecule has 0 saturated heterocycles. The summed E-state index contributed by atoms with van der Waals surface area (Å²) in [4.78, 5) is 2.39. The van der Waals surface area contributed by atoms with Crippen LogP contribution in [0.2, 0.25) is 0 Å². The first-order chi connectivity index (χ1) is 16.2. The minimum absolute atomic E-state index is 0.0165. The molecule has 3 atom stereocenters. The molecule has 34 heavy (non-hydrogen) atoms. The summed E-state index contributed by atoms with van der Waals surface area (Å²) in [6.07, 6.45) is 9.73. The van der Waals surface area contributed by atoms with E-state index in [2.05, 4.69) is 44.3 Å². The number of rotatable bonds is 7. The number of hydrogen-bond donors (Lipinski definition) is 2. The largest absolute Gasteiger partial charge is 0.508 e. The van der Waals surface area contributed by atoms with Crippen molar-refractivity contribution in [3.8, 4) is 5.75 Å². The van der Waals surface area contributed by atoms with E-state index in [9.17, 15) is 10.2 Å². The van der Waals surface area contributed by atoms with Crippen LogP contribution in [0.3, 0.4) is 0 Å². The van der Waals surface area contributed by atoms with Gasteiger partial charge in [0.15, 0.2) is 0 Å². The highest BCUT2D eigenvalue weighted by Crippen LogP contribution is 2.53. The number of nitrogens with zero attached hydrogens (tertiary/aromatic N) is 3. The van der Waals surface area contributed by atoms with E-state index in [1.165, 1.54) is 49.8 Å². The van der Waals surface area contributed by atoms with Crippen molar-refractivity contribution in [2.45, 2.75) is 109 Å². The van der Waals surface area contributed by atoms with Gasteiger partial charge in [0.2, 0.25) is 0 Å². The number of aromatic nitrogens is 2. The number of aryl methyl sites for hydroxylation is 2. The second-order valence-electron chi connectivity index (χ2n) is 11.7. The Kier molecular flexibility index (Phi) is 6.09. The Hall–Kier alpha value is -1.85. The molecule has 0 radical (unpaired) electrons. The van der Waals surface area contributed by atoms with Gasteiger partial charge in [-0.2, -0.15) is 5.10 Å². The second kappa shape index (κ2) is 8.67. The van der Waals surface area contributed by atoms with Gasteiger partial charge in [0.1, 0.15) is 5.75 Å². The van der Waals surface area contributed by atoms with Crippen LogP contribution in [0.1, 0.15) is 92.9 Å². The molecule has 5 heteroatoms. The van der Waals surface area contributed by atoms with E-state index in [1.807, 2.05) is 12.1 Å². The lowest BCUT2D eigenvalue weighted by atomic mass is 9.54. The fraction of sp³-hybridized carbons (Fsp3) is 0.690. The summed E-state index contributed by atoms with van der Waals surface area (Å²) in [5.74, 6) is 1.04. The Bertz CT molecular complexity index is 1050. The molecule has 0 unspecified atom stereocenters. The molecule has 5 rings (SSSR count). The lowest BCUT2D eigenvalue weighted by Crippen LogP contribution is -2.66. The van der Waals surface area contributed by atoms with E-state index in [4.69, 9.17) is 5.10 Å². The van der Waals surface area contributed by atoms with Gasteiger partial charge in [0, 0.05) is 36.5 Å². The predicted octanol–water partition coefficient (Wildman–Crippen LogP) is 5.23. The van der Waals surface area contributed by atoms with E-state index in [0.29, 0.717) is 12.5 Å². The molecule has 3 aliphatic rings. The Morgan fingerprint density at radius 3 is 2.50 bits per heavy atom. The highest BCUT2D eigenvalue weighted by Gasteiger charge is 2.58. The molecule has 186 valence electrons. The van der Waals surface area contributed by atoms with E-state index >= 15 is 0 Å². The van der Waals surface area contributed by atoms with Crippen LogP contribution in [0.25, 0.3) is 0 Å². The molecule has 1 aromatic carbocycles. The van der Waals surface area contributed by atoms with Crippen LogP contribution in [0.4, 0.5) is 0 Å². The number of phenolic OH excluding ortho intramolecular Hbond substituents is 1. The summed E-state index contributed by atoms with van der Waals surface area (Å²) in [7, 11) is 2.18. The average Bonchev–Trinajstić information content (AvgIpc) is 3.35. The number of aromatic hydroxyl groups is 1. The first-order valence-corrected chi connectivity index (χ1v) is 13.5. The van der Waals surface area contributed by atoms with Crippen LogP contribution in [-0.2, 0) is 18.3 Å². The van der Waals surface area contributed by atoms with E-state index in [0.717, 1.165) is 42.1 Å². The van der Waals surface area contributed by atoms with Gasteiger partial charge in [-0.1, -0.05) is 25.8 Å². The maximum Gasteiger partial charge on any atom is 0.115 e. The van der Waals surface area contributed by atoms with Crippen molar-refractivity contribution >= 4 is 0 Å². The molecule has 2 saturated carbocycles. The molecule has 0 bridgehead atoms. The number of fused-ring (bicyclic) bond motifs is 1. The third-order valence-electron chi connectivity index (χ3n) is 9.67. The topological polar surface area (TPSA) is 61.5 Å². The standard InChI is InChI=1S/C29H43N3O2/c1-6-28(26-15-24(33)14-11-19(26)2)17-27-25(20(3)30-32(27)23-9-7-8-10-23)16-29(28,34)21(4)31(5)18-22-12-13-22/h11,14-15,21-23,33-34H,6-10,12-13,16-18H2,1-5H3/t21-,28-,29-/m1/s1. The third kappa shape index (κ3) is 3.71. The molecule has 0 spiro atoms. The monoisotopic (exact) mass is 465 g/mol. The molecule has 1 aromatic heterocycles. The number of aliphatic hydroxyl groups is 1. The van der Waals surface area contributed by atoms with E-state index < -0.39 is 11.0 Å². The van der Waals surface area contributed by atoms with Gasteiger partial charge in [-0.05, 0) is 94.7 Å². The smallest absolute Gasteiger partial charge is 0.115 e. The minimum atomic E-state index is -0.967. The first-order valence-electron chi connectivity index (χ1n) is 13.5. The molecule has 0 aliphatic heterocycles. The zero-order valence-corrected chi connectivity index (χ0v) is 21.8. The van der Waals surface area contributed by atoms with Gasteiger partial charge in [-0.25, -0.2) is 0 Å². The van der Waals surface area contributed by atoms with E-state index in [-0.39, 0.29) is 11.8 Å². The predicted molar refractivity (Wildman–Crippen MR) is 136 cm³/mol. The molecular weight excluding hydrogens is 422 g/mol. The van der Waals surface area contributed by atoms with Gasteiger partial charge in [0.05, 0.1) is 17.3 Å². The summed E-state index contributed by atoms with van der Waals surface area (Å²) in [5.41, 5.74) is 4.41.